The van der Waals surface area contributed by atoms with E-state index in [4.69, 9.17) is 21.1 Å². The smallest absolute Gasteiger partial charge is 0.260 e. The number of benzene rings is 2. The number of hydrogen-bond acceptors (Lipinski definition) is 5. The number of aryl methyl sites for hydroxylation is 1. The predicted octanol–water partition coefficient (Wildman–Crippen LogP) is 3.02. The third-order valence-electron chi connectivity index (χ3n) is 5.49. The summed E-state index contributed by atoms with van der Waals surface area (Å²) in [4.78, 5) is 33.0. The molecule has 33 heavy (non-hydrogen) atoms. The number of aromatic nitrogens is 2. The topological polar surface area (TPSA) is 76.9 Å². The van der Waals surface area contributed by atoms with Gasteiger partial charge in [0.2, 0.25) is 0 Å². The third-order valence-corrected chi connectivity index (χ3v) is 5.74. The van der Waals surface area contributed by atoms with Crippen LogP contribution in [0.1, 0.15) is 16.2 Å². The van der Waals surface area contributed by atoms with Crippen molar-refractivity contribution in [2.45, 2.75) is 6.61 Å². The zero-order chi connectivity index (χ0) is 23.2. The van der Waals surface area contributed by atoms with E-state index >= 15 is 0 Å². The Morgan fingerprint density at radius 2 is 1.52 bits per heavy atom. The molecule has 0 radical (unpaired) electrons. The lowest BCUT2D eigenvalue weighted by Crippen LogP contribution is -2.51. The lowest BCUT2D eigenvalue weighted by molar-refractivity contribution is -0.134. The molecule has 0 bridgehead atoms. The molecule has 9 heteroatoms. The van der Waals surface area contributed by atoms with Crippen molar-refractivity contribution in [1.82, 2.24) is 19.4 Å². The molecule has 2 aromatic carbocycles. The van der Waals surface area contributed by atoms with Gasteiger partial charge < -0.3 is 23.8 Å². The molecule has 1 aliphatic rings. The molecule has 0 spiro atoms. The molecular weight excluding hydrogens is 444 g/mol. The Hall–Kier alpha value is -3.52. The molecule has 2 heterocycles. The van der Waals surface area contributed by atoms with Gasteiger partial charge in [-0.25, -0.2) is 4.98 Å². The number of amides is 2. The van der Waals surface area contributed by atoms with E-state index in [2.05, 4.69) is 4.98 Å². The summed E-state index contributed by atoms with van der Waals surface area (Å²) in [6, 6.07) is 14.0. The van der Waals surface area contributed by atoms with Crippen LogP contribution in [0.25, 0.3) is 0 Å². The van der Waals surface area contributed by atoms with Gasteiger partial charge in [0, 0.05) is 56.2 Å². The Bertz CT molecular complexity index is 1090. The molecule has 172 valence electrons. The highest BCUT2D eigenvalue weighted by Crippen LogP contribution is 2.17. The number of ether oxygens (including phenoxy) is 2. The van der Waals surface area contributed by atoms with Crippen LogP contribution in [-0.4, -0.2) is 64.0 Å². The van der Waals surface area contributed by atoms with Gasteiger partial charge in [0.05, 0.1) is 0 Å². The molecule has 0 N–H and O–H groups in total. The fourth-order valence-electron chi connectivity index (χ4n) is 3.49. The maximum Gasteiger partial charge on any atom is 0.260 e. The highest BCUT2D eigenvalue weighted by Gasteiger charge is 2.25. The Labute approximate surface area is 197 Å². The number of halogens is 1. The lowest BCUT2D eigenvalue weighted by Gasteiger charge is -2.34. The minimum Gasteiger partial charge on any atom is -0.486 e. The van der Waals surface area contributed by atoms with Crippen molar-refractivity contribution in [3.8, 4) is 11.5 Å². The highest BCUT2D eigenvalue weighted by molar-refractivity contribution is 6.30. The first-order chi connectivity index (χ1) is 16.0. The number of carbonyl (C=O) groups is 2. The molecule has 1 fully saturated rings. The molecule has 0 saturated carbocycles. The van der Waals surface area contributed by atoms with Gasteiger partial charge in [-0.1, -0.05) is 11.6 Å². The average Bonchev–Trinajstić information content (AvgIpc) is 3.26. The third kappa shape index (κ3) is 5.84. The first-order valence-corrected chi connectivity index (χ1v) is 11.0. The summed E-state index contributed by atoms with van der Waals surface area (Å²) in [5, 5.41) is 0.612. The van der Waals surface area contributed by atoms with Gasteiger partial charge in [-0.3, -0.25) is 9.59 Å². The van der Waals surface area contributed by atoms with E-state index in [0.717, 1.165) is 5.82 Å². The van der Waals surface area contributed by atoms with Crippen LogP contribution in [0.5, 0.6) is 11.5 Å². The van der Waals surface area contributed by atoms with E-state index in [-0.39, 0.29) is 18.4 Å². The molecule has 1 aliphatic heterocycles. The molecular formula is C24H25ClN4O4. The van der Waals surface area contributed by atoms with E-state index in [1.807, 2.05) is 17.8 Å². The number of hydrogen-bond donors (Lipinski definition) is 0. The van der Waals surface area contributed by atoms with Gasteiger partial charge >= 0.3 is 0 Å². The van der Waals surface area contributed by atoms with Gasteiger partial charge in [0.25, 0.3) is 11.8 Å². The maximum atomic E-state index is 12.8. The van der Waals surface area contributed by atoms with Crippen LogP contribution < -0.4 is 9.47 Å². The van der Waals surface area contributed by atoms with Gasteiger partial charge in [0.1, 0.15) is 23.9 Å². The number of nitrogens with zero attached hydrogens (tertiary/aromatic N) is 4. The zero-order valence-corrected chi connectivity index (χ0v) is 19.1. The van der Waals surface area contributed by atoms with Crippen molar-refractivity contribution in [3.63, 3.8) is 0 Å². The van der Waals surface area contributed by atoms with Crippen molar-refractivity contribution in [2.75, 3.05) is 32.8 Å². The van der Waals surface area contributed by atoms with Gasteiger partial charge in [0.15, 0.2) is 6.61 Å². The standard InChI is InChI=1S/C24H25ClN4O4/c1-27-11-10-26-22(27)16-32-20-6-2-18(3-7-20)24(31)29-14-12-28(13-15-29)23(30)17-33-21-8-4-19(25)5-9-21/h2-11H,12-17H2,1H3. The summed E-state index contributed by atoms with van der Waals surface area (Å²) < 4.78 is 13.2. The average molecular weight is 469 g/mol. The summed E-state index contributed by atoms with van der Waals surface area (Å²) in [7, 11) is 1.91. The number of carbonyl (C=O) groups excluding carboxylic acids is 2. The maximum absolute atomic E-state index is 12.8. The number of piperazine rings is 1. The lowest BCUT2D eigenvalue weighted by atomic mass is 10.1. The molecule has 1 saturated heterocycles. The minimum absolute atomic E-state index is 0.0463. The van der Waals surface area contributed by atoms with E-state index in [1.165, 1.54) is 0 Å². The van der Waals surface area contributed by atoms with E-state index in [9.17, 15) is 9.59 Å². The van der Waals surface area contributed by atoms with Crippen LogP contribution in [0.4, 0.5) is 0 Å². The summed E-state index contributed by atoms with van der Waals surface area (Å²) in [5.41, 5.74) is 0.588. The minimum atomic E-state index is -0.105. The second-order valence-electron chi connectivity index (χ2n) is 7.68. The second kappa shape index (κ2) is 10.4. The number of rotatable bonds is 7. The largest absolute Gasteiger partial charge is 0.486 e. The quantitative estimate of drug-likeness (QED) is 0.532. The summed E-state index contributed by atoms with van der Waals surface area (Å²) in [5.74, 6) is 1.92. The highest BCUT2D eigenvalue weighted by atomic mass is 35.5. The van der Waals surface area contributed by atoms with Crippen LogP contribution >= 0.6 is 11.6 Å². The summed E-state index contributed by atoms with van der Waals surface area (Å²) in [6.45, 7) is 2.20. The van der Waals surface area contributed by atoms with Crippen LogP contribution in [0.2, 0.25) is 5.02 Å². The Balaban J connectivity index is 1.23. The summed E-state index contributed by atoms with van der Waals surface area (Å²) >= 11 is 5.85. The predicted molar refractivity (Wildman–Crippen MR) is 123 cm³/mol. The summed E-state index contributed by atoms with van der Waals surface area (Å²) in [6.07, 6.45) is 3.58. The molecule has 0 aliphatic carbocycles. The van der Waals surface area contributed by atoms with Crippen molar-refractivity contribution < 1.29 is 19.1 Å². The van der Waals surface area contributed by atoms with Crippen LogP contribution in [0, 0.1) is 0 Å². The molecule has 4 rings (SSSR count). The van der Waals surface area contributed by atoms with E-state index in [1.54, 1.807) is 64.5 Å². The van der Waals surface area contributed by atoms with Crippen LogP contribution in [0.3, 0.4) is 0 Å². The molecule has 3 aromatic rings. The zero-order valence-electron chi connectivity index (χ0n) is 18.3. The number of imidazole rings is 1. The van der Waals surface area contributed by atoms with E-state index in [0.29, 0.717) is 54.9 Å². The van der Waals surface area contributed by atoms with Gasteiger partial charge in [-0.2, -0.15) is 0 Å². The van der Waals surface area contributed by atoms with E-state index < -0.39 is 0 Å². The Morgan fingerprint density at radius 3 is 2.15 bits per heavy atom. The van der Waals surface area contributed by atoms with Crippen molar-refractivity contribution in [3.05, 3.63) is 77.3 Å². The molecule has 0 unspecified atom stereocenters. The van der Waals surface area contributed by atoms with Crippen molar-refractivity contribution in [1.29, 1.82) is 0 Å². The van der Waals surface area contributed by atoms with Crippen LogP contribution in [0.15, 0.2) is 60.9 Å². The fourth-order valence-corrected chi connectivity index (χ4v) is 3.61. The first-order valence-electron chi connectivity index (χ1n) is 10.6. The monoisotopic (exact) mass is 468 g/mol. The van der Waals surface area contributed by atoms with Gasteiger partial charge in [-0.15, -0.1) is 0 Å². The second-order valence-corrected chi connectivity index (χ2v) is 8.12. The molecule has 2 amide bonds. The molecule has 8 nitrogen and oxygen atoms in total. The SMILES string of the molecule is Cn1ccnc1COc1ccc(C(=O)N2CCN(C(=O)COc3ccc(Cl)cc3)CC2)cc1. The van der Waals surface area contributed by atoms with Crippen LogP contribution in [-0.2, 0) is 18.4 Å². The van der Waals surface area contributed by atoms with Crippen molar-refractivity contribution in [2.24, 2.45) is 7.05 Å². The molecule has 1 aromatic heterocycles. The van der Waals surface area contributed by atoms with Gasteiger partial charge in [-0.05, 0) is 48.5 Å². The van der Waals surface area contributed by atoms with Crippen molar-refractivity contribution >= 4 is 23.4 Å². The fraction of sp³-hybridized carbons (Fsp3) is 0.292. The first kappa shape index (κ1) is 22.7. The molecule has 0 atom stereocenters. The Morgan fingerprint density at radius 1 is 0.909 bits per heavy atom. The normalized spacial score (nSPS) is 13.6. The Kier molecular flexibility index (Phi) is 7.14.